The van der Waals surface area contributed by atoms with Crippen molar-refractivity contribution in [1.29, 1.82) is 5.26 Å². The molecule has 1 atom stereocenters. The lowest BCUT2D eigenvalue weighted by atomic mass is 9.87. The Labute approximate surface area is 84.8 Å². The number of hydrogen-bond donors (Lipinski definition) is 0. The van der Waals surface area contributed by atoms with Gasteiger partial charge in [0, 0.05) is 12.7 Å². The normalized spacial score (nSPS) is 23.0. The monoisotopic (exact) mass is 186 g/mol. The van der Waals surface area contributed by atoms with Crippen LogP contribution in [0.25, 0.3) is 0 Å². The van der Waals surface area contributed by atoms with E-state index in [2.05, 4.69) is 44.0 Å². The maximum Gasteiger partial charge on any atom is 0.0958 e. The average molecular weight is 186 g/mol. The van der Waals surface area contributed by atoms with Crippen molar-refractivity contribution in [3.05, 3.63) is 29.8 Å². The van der Waals surface area contributed by atoms with Gasteiger partial charge in [-0.3, -0.25) is 0 Å². The van der Waals surface area contributed by atoms with Crippen LogP contribution in [0.3, 0.4) is 0 Å². The highest BCUT2D eigenvalue weighted by Crippen LogP contribution is 2.45. The first-order chi connectivity index (χ1) is 6.59. The van der Waals surface area contributed by atoms with Gasteiger partial charge in [-0.15, -0.1) is 0 Å². The van der Waals surface area contributed by atoms with Crippen LogP contribution in [0.5, 0.6) is 0 Å². The minimum atomic E-state index is -0.0988. The highest BCUT2D eigenvalue weighted by atomic mass is 15.2. The summed E-state index contributed by atoms with van der Waals surface area (Å²) in [5, 5.41) is 9.19. The summed E-state index contributed by atoms with van der Waals surface area (Å²) in [5.41, 5.74) is 2.24. The smallest absolute Gasteiger partial charge is 0.0958 e. The summed E-state index contributed by atoms with van der Waals surface area (Å²) in [6, 6.07) is 10.5. The van der Waals surface area contributed by atoms with Gasteiger partial charge in [0.2, 0.25) is 0 Å². The molecule has 2 heteroatoms. The van der Waals surface area contributed by atoms with E-state index in [9.17, 15) is 5.26 Å². The zero-order valence-corrected chi connectivity index (χ0v) is 8.78. The quantitative estimate of drug-likeness (QED) is 0.622. The van der Waals surface area contributed by atoms with E-state index in [0.717, 1.165) is 5.56 Å². The lowest BCUT2D eigenvalue weighted by Crippen LogP contribution is -2.40. The molecule has 0 saturated carbocycles. The van der Waals surface area contributed by atoms with Crippen LogP contribution in [-0.4, -0.2) is 12.6 Å². The molecule has 0 aromatic heterocycles. The summed E-state index contributed by atoms with van der Waals surface area (Å²) < 4.78 is 0. The summed E-state index contributed by atoms with van der Waals surface area (Å²) >= 11 is 0. The molecule has 0 aliphatic carbocycles. The third-order valence-electron chi connectivity index (χ3n) is 3.31. The van der Waals surface area contributed by atoms with Crippen molar-refractivity contribution in [2.24, 2.45) is 0 Å². The van der Waals surface area contributed by atoms with Crippen LogP contribution in [0.1, 0.15) is 25.3 Å². The van der Waals surface area contributed by atoms with E-state index < -0.39 is 0 Å². The van der Waals surface area contributed by atoms with Gasteiger partial charge in [0.1, 0.15) is 0 Å². The zero-order valence-electron chi connectivity index (χ0n) is 8.78. The molecule has 2 nitrogen and oxygen atoms in total. The van der Waals surface area contributed by atoms with Gasteiger partial charge < -0.3 is 4.90 Å². The Bertz CT molecular complexity index is 401. The molecule has 1 heterocycles. The minimum Gasteiger partial charge on any atom is -0.368 e. The molecular weight excluding hydrogens is 172 g/mol. The van der Waals surface area contributed by atoms with Crippen LogP contribution in [0, 0.1) is 11.3 Å². The first kappa shape index (κ1) is 9.08. The Morgan fingerprint density at radius 3 is 2.64 bits per heavy atom. The highest BCUT2D eigenvalue weighted by molar-refractivity contribution is 5.65. The van der Waals surface area contributed by atoms with Gasteiger partial charge in [0.05, 0.1) is 17.5 Å². The van der Waals surface area contributed by atoms with Crippen molar-refractivity contribution >= 4 is 5.69 Å². The number of benzene rings is 1. The van der Waals surface area contributed by atoms with Crippen molar-refractivity contribution in [2.75, 3.05) is 11.9 Å². The molecule has 1 aliphatic rings. The molecule has 1 aliphatic heterocycles. The Morgan fingerprint density at radius 1 is 1.36 bits per heavy atom. The summed E-state index contributed by atoms with van der Waals surface area (Å²) in [7, 11) is 2.05. The molecule has 0 amide bonds. The van der Waals surface area contributed by atoms with Gasteiger partial charge in [-0.1, -0.05) is 18.2 Å². The fourth-order valence-electron chi connectivity index (χ4n) is 2.15. The summed E-state index contributed by atoms with van der Waals surface area (Å²) in [6.45, 7) is 4.22. The summed E-state index contributed by atoms with van der Waals surface area (Å²) in [4.78, 5) is 2.19. The largest absolute Gasteiger partial charge is 0.368 e. The Hall–Kier alpha value is -1.49. The first-order valence-electron chi connectivity index (χ1n) is 4.81. The molecule has 2 rings (SSSR count). The number of nitrogens with zero attached hydrogens (tertiary/aromatic N) is 2. The third-order valence-corrected chi connectivity index (χ3v) is 3.31. The second kappa shape index (κ2) is 2.75. The number of anilines is 1. The van der Waals surface area contributed by atoms with E-state index in [1.54, 1.807) is 0 Å². The van der Waals surface area contributed by atoms with Crippen molar-refractivity contribution < 1.29 is 0 Å². The van der Waals surface area contributed by atoms with E-state index in [4.69, 9.17) is 0 Å². The zero-order chi connectivity index (χ0) is 10.3. The molecule has 0 saturated heterocycles. The predicted octanol–water partition coefficient (Wildman–Crippen LogP) is 2.52. The molecule has 0 N–H and O–H groups in total. The SMILES string of the molecule is CN1c2ccccc2C(C#N)C1(C)C. The molecule has 0 spiro atoms. The average Bonchev–Trinajstić information content (AvgIpc) is 2.36. The van der Waals surface area contributed by atoms with E-state index in [1.165, 1.54) is 5.69 Å². The van der Waals surface area contributed by atoms with E-state index in [1.807, 2.05) is 12.1 Å². The summed E-state index contributed by atoms with van der Waals surface area (Å²) in [6.07, 6.45) is 0. The molecule has 0 radical (unpaired) electrons. The Kier molecular flexibility index (Phi) is 1.78. The van der Waals surface area contributed by atoms with Crippen molar-refractivity contribution in [3.8, 4) is 6.07 Å². The predicted molar refractivity (Wildman–Crippen MR) is 57.3 cm³/mol. The van der Waals surface area contributed by atoms with Gasteiger partial charge in [0.15, 0.2) is 0 Å². The molecule has 14 heavy (non-hydrogen) atoms. The van der Waals surface area contributed by atoms with Gasteiger partial charge >= 0.3 is 0 Å². The number of nitriles is 1. The standard InChI is InChI=1S/C12H14N2/c1-12(2)10(8-13)9-6-4-5-7-11(9)14(12)3/h4-7,10H,1-3H3. The van der Waals surface area contributed by atoms with Gasteiger partial charge in [0.25, 0.3) is 0 Å². The number of rotatable bonds is 0. The second-order valence-corrected chi connectivity index (χ2v) is 4.33. The number of hydrogen-bond acceptors (Lipinski definition) is 2. The minimum absolute atomic E-state index is 0.0244. The van der Waals surface area contributed by atoms with Crippen LogP contribution in [-0.2, 0) is 0 Å². The molecule has 0 bridgehead atoms. The third kappa shape index (κ3) is 0.957. The Morgan fingerprint density at radius 2 is 2.00 bits per heavy atom. The number of likely N-dealkylation sites (N-methyl/N-ethyl adjacent to an activating group) is 1. The van der Waals surface area contributed by atoms with E-state index in [-0.39, 0.29) is 11.5 Å². The van der Waals surface area contributed by atoms with Gasteiger partial charge in [-0.05, 0) is 25.5 Å². The Balaban J connectivity index is 2.62. The van der Waals surface area contributed by atoms with Crippen molar-refractivity contribution in [3.63, 3.8) is 0 Å². The fraction of sp³-hybridized carbons (Fsp3) is 0.417. The van der Waals surface area contributed by atoms with Crippen molar-refractivity contribution in [1.82, 2.24) is 0 Å². The lowest BCUT2D eigenvalue weighted by Gasteiger charge is -2.32. The van der Waals surface area contributed by atoms with Crippen LogP contribution in [0.15, 0.2) is 24.3 Å². The van der Waals surface area contributed by atoms with Crippen LogP contribution < -0.4 is 4.90 Å². The van der Waals surface area contributed by atoms with Crippen LogP contribution >= 0.6 is 0 Å². The lowest BCUT2D eigenvalue weighted by molar-refractivity contribution is 0.478. The topological polar surface area (TPSA) is 27.0 Å². The van der Waals surface area contributed by atoms with Gasteiger partial charge in [-0.2, -0.15) is 5.26 Å². The molecule has 72 valence electrons. The van der Waals surface area contributed by atoms with E-state index in [0.29, 0.717) is 0 Å². The number of para-hydroxylation sites is 1. The molecule has 1 unspecified atom stereocenters. The molecule has 1 aromatic rings. The van der Waals surface area contributed by atoms with E-state index >= 15 is 0 Å². The van der Waals surface area contributed by atoms with Gasteiger partial charge in [-0.25, -0.2) is 0 Å². The fourth-order valence-corrected chi connectivity index (χ4v) is 2.15. The highest BCUT2D eigenvalue weighted by Gasteiger charge is 2.42. The molecular formula is C12H14N2. The van der Waals surface area contributed by atoms with Crippen molar-refractivity contribution in [2.45, 2.75) is 25.3 Å². The molecule has 1 aromatic carbocycles. The maximum absolute atomic E-state index is 9.19. The first-order valence-corrected chi connectivity index (χ1v) is 4.81. The second-order valence-electron chi connectivity index (χ2n) is 4.33. The maximum atomic E-state index is 9.19. The van der Waals surface area contributed by atoms with Crippen LogP contribution in [0.4, 0.5) is 5.69 Å². The number of fused-ring (bicyclic) bond motifs is 1. The van der Waals surface area contributed by atoms with Crippen LogP contribution in [0.2, 0.25) is 0 Å². The molecule has 0 fully saturated rings. The summed E-state index contributed by atoms with van der Waals surface area (Å²) in [5.74, 6) is -0.0244.